The first-order valence-corrected chi connectivity index (χ1v) is 7.90. The molecule has 1 atom stereocenters. The van der Waals surface area contributed by atoms with Crippen molar-refractivity contribution in [1.82, 2.24) is 34.1 Å². The summed E-state index contributed by atoms with van der Waals surface area (Å²) in [5.41, 5.74) is 0.238. The molecule has 0 bridgehead atoms. The first-order valence-electron chi connectivity index (χ1n) is 7.90. The maximum Gasteiger partial charge on any atom is 0.350 e. The fraction of sp³-hybridized carbons (Fsp3) is 0.400. The number of hydrogen-bond acceptors (Lipinski definition) is 5. The number of fused-ring (bicyclic) bond motifs is 1. The van der Waals surface area contributed by atoms with Crippen molar-refractivity contribution in [2.24, 2.45) is 0 Å². The van der Waals surface area contributed by atoms with Gasteiger partial charge in [-0.2, -0.15) is 0 Å². The lowest BCUT2D eigenvalue weighted by Gasteiger charge is -2.24. The molecule has 9 heteroatoms. The van der Waals surface area contributed by atoms with Crippen molar-refractivity contribution in [2.45, 2.75) is 32.0 Å². The summed E-state index contributed by atoms with van der Waals surface area (Å²) in [6.07, 6.45) is 6.93. The van der Waals surface area contributed by atoms with Crippen LogP contribution in [0.5, 0.6) is 0 Å². The molecule has 1 aliphatic rings. The van der Waals surface area contributed by atoms with E-state index < -0.39 is 0 Å². The molecule has 1 aliphatic heterocycles. The molecule has 0 spiro atoms. The van der Waals surface area contributed by atoms with Gasteiger partial charge in [-0.25, -0.2) is 9.48 Å². The molecule has 1 amide bonds. The van der Waals surface area contributed by atoms with Gasteiger partial charge in [-0.15, -0.1) is 10.2 Å². The standard InChI is InChI=1S/C15H17N7O2/c23-14(11-22-15(24)21-7-2-1-5-13(21)17-22)20-8-3-4-12(20)10-19-9-6-16-18-19/h1-2,5-7,9,12H,3-4,8,10-11H2/t12-/m0/s1. The molecule has 1 saturated heterocycles. The predicted octanol–water partition coefficient (Wildman–Crippen LogP) is -0.221. The third-order valence-corrected chi connectivity index (χ3v) is 4.34. The Hall–Kier alpha value is -2.97. The van der Waals surface area contributed by atoms with E-state index in [2.05, 4.69) is 15.4 Å². The molecule has 1 fully saturated rings. The molecule has 9 nitrogen and oxygen atoms in total. The summed E-state index contributed by atoms with van der Waals surface area (Å²) in [4.78, 5) is 26.8. The van der Waals surface area contributed by atoms with Gasteiger partial charge in [0.1, 0.15) is 6.54 Å². The molecule has 3 aromatic rings. The van der Waals surface area contributed by atoms with E-state index in [0.29, 0.717) is 18.7 Å². The fourth-order valence-electron chi connectivity index (χ4n) is 3.19. The van der Waals surface area contributed by atoms with Gasteiger partial charge in [-0.05, 0) is 25.0 Å². The Balaban J connectivity index is 1.52. The molecule has 0 unspecified atom stereocenters. The van der Waals surface area contributed by atoms with Crippen LogP contribution in [0.15, 0.2) is 41.6 Å². The molecule has 4 heterocycles. The van der Waals surface area contributed by atoms with Gasteiger partial charge in [-0.1, -0.05) is 11.3 Å². The van der Waals surface area contributed by atoms with E-state index in [4.69, 9.17) is 0 Å². The van der Waals surface area contributed by atoms with Crippen LogP contribution in [0, 0.1) is 0 Å². The van der Waals surface area contributed by atoms with Crippen LogP contribution >= 0.6 is 0 Å². The second-order valence-electron chi connectivity index (χ2n) is 5.88. The predicted molar refractivity (Wildman–Crippen MR) is 84.2 cm³/mol. The Morgan fingerprint density at radius 2 is 2.21 bits per heavy atom. The molecular formula is C15H17N7O2. The molecule has 0 aromatic carbocycles. The highest BCUT2D eigenvalue weighted by molar-refractivity contribution is 5.76. The van der Waals surface area contributed by atoms with Gasteiger partial charge < -0.3 is 4.90 Å². The van der Waals surface area contributed by atoms with Crippen molar-refractivity contribution in [1.29, 1.82) is 0 Å². The average Bonchev–Trinajstić information content (AvgIpc) is 3.31. The van der Waals surface area contributed by atoms with E-state index in [0.717, 1.165) is 12.8 Å². The van der Waals surface area contributed by atoms with Crippen LogP contribution in [0.3, 0.4) is 0 Å². The highest BCUT2D eigenvalue weighted by atomic mass is 16.2. The lowest BCUT2D eigenvalue weighted by molar-refractivity contribution is -0.133. The van der Waals surface area contributed by atoms with Crippen LogP contribution in [0.1, 0.15) is 12.8 Å². The van der Waals surface area contributed by atoms with E-state index in [1.807, 2.05) is 11.0 Å². The number of carbonyl (C=O) groups is 1. The number of carbonyl (C=O) groups excluding carboxylic acids is 1. The zero-order valence-electron chi connectivity index (χ0n) is 13.0. The van der Waals surface area contributed by atoms with Crippen molar-refractivity contribution in [3.63, 3.8) is 0 Å². The maximum atomic E-state index is 12.7. The third-order valence-electron chi connectivity index (χ3n) is 4.34. The van der Waals surface area contributed by atoms with E-state index in [1.54, 1.807) is 35.4 Å². The van der Waals surface area contributed by atoms with E-state index in [-0.39, 0.29) is 24.2 Å². The van der Waals surface area contributed by atoms with Crippen molar-refractivity contribution in [2.75, 3.05) is 6.54 Å². The lowest BCUT2D eigenvalue weighted by Crippen LogP contribution is -2.41. The smallest absolute Gasteiger partial charge is 0.336 e. The van der Waals surface area contributed by atoms with Crippen LogP contribution in [-0.4, -0.2) is 52.6 Å². The van der Waals surface area contributed by atoms with Gasteiger partial charge in [-0.3, -0.25) is 13.9 Å². The quantitative estimate of drug-likeness (QED) is 0.661. The number of aromatic nitrogens is 6. The summed E-state index contributed by atoms with van der Waals surface area (Å²) in [5, 5.41) is 12.0. The second kappa shape index (κ2) is 5.91. The first-order chi connectivity index (χ1) is 11.7. The SMILES string of the molecule is O=C(Cn1nc2ccccn2c1=O)N1CCC[C@H]1Cn1ccnn1. The Labute approximate surface area is 137 Å². The maximum absolute atomic E-state index is 12.7. The minimum Gasteiger partial charge on any atom is -0.336 e. The second-order valence-corrected chi connectivity index (χ2v) is 5.88. The first kappa shape index (κ1) is 14.6. The number of pyridine rings is 1. The van der Waals surface area contributed by atoms with Gasteiger partial charge in [0.15, 0.2) is 5.65 Å². The molecule has 4 rings (SSSR count). The van der Waals surface area contributed by atoms with Gasteiger partial charge in [0, 0.05) is 18.9 Å². The largest absolute Gasteiger partial charge is 0.350 e. The fourth-order valence-corrected chi connectivity index (χ4v) is 3.19. The van der Waals surface area contributed by atoms with E-state index in [1.165, 1.54) is 9.08 Å². The summed E-state index contributed by atoms with van der Waals surface area (Å²) in [6.45, 7) is 1.26. The summed E-state index contributed by atoms with van der Waals surface area (Å²) in [5.74, 6) is -0.0943. The Morgan fingerprint density at radius 3 is 3.00 bits per heavy atom. The summed E-state index contributed by atoms with van der Waals surface area (Å²) < 4.78 is 4.39. The summed E-state index contributed by atoms with van der Waals surface area (Å²) in [7, 11) is 0. The number of amides is 1. The Kier molecular flexibility index (Phi) is 3.60. The van der Waals surface area contributed by atoms with Gasteiger partial charge >= 0.3 is 5.69 Å². The molecule has 0 radical (unpaired) electrons. The van der Waals surface area contributed by atoms with Crippen LogP contribution in [0.4, 0.5) is 0 Å². The molecule has 124 valence electrons. The Morgan fingerprint density at radius 1 is 1.29 bits per heavy atom. The zero-order valence-corrected chi connectivity index (χ0v) is 13.0. The zero-order chi connectivity index (χ0) is 16.5. The van der Waals surface area contributed by atoms with E-state index in [9.17, 15) is 9.59 Å². The van der Waals surface area contributed by atoms with Crippen molar-refractivity contribution >= 4 is 11.6 Å². The molecule has 24 heavy (non-hydrogen) atoms. The lowest BCUT2D eigenvalue weighted by atomic mass is 10.2. The van der Waals surface area contributed by atoms with Gasteiger partial charge in [0.05, 0.1) is 18.8 Å². The molecular weight excluding hydrogens is 310 g/mol. The molecule has 0 N–H and O–H groups in total. The molecule has 0 aliphatic carbocycles. The number of nitrogens with zero attached hydrogens (tertiary/aromatic N) is 7. The van der Waals surface area contributed by atoms with Crippen LogP contribution in [-0.2, 0) is 17.9 Å². The normalized spacial score (nSPS) is 17.7. The minimum atomic E-state index is -0.300. The Bertz CT molecular complexity index is 911. The average molecular weight is 327 g/mol. The topological polar surface area (TPSA) is 90.3 Å². The number of hydrogen-bond donors (Lipinski definition) is 0. The third kappa shape index (κ3) is 2.57. The van der Waals surface area contributed by atoms with Crippen LogP contribution in [0.25, 0.3) is 5.65 Å². The summed E-state index contributed by atoms with van der Waals surface area (Å²) >= 11 is 0. The highest BCUT2D eigenvalue weighted by Crippen LogP contribution is 2.19. The van der Waals surface area contributed by atoms with Crippen LogP contribution < -0.4 is 5.69 Å². The summed E-state index contributed by atoms with van der Waals surface area (Å²) in [6, 6.07) is 5.39. The highest BCUT2D eigenvalue weighted by Gasteiger charge is 2.29. The van der Waals surface area contributed by atoms with Crippen molar-refractivity contribution < 1.29 is 4.79 Å². The number of rotatable bonds is 4. The minimum absolute atomic E-state index is 0.0473. The van der Waals surface area contributed by atoms with E-state index >= 15 is 0 Å². The monoisotopic (exact) mass is 327 g/mol. The van der Waals surface area contributed by atoms with Crippen molar-refractivity contribution in [3.05, 3.63) is 47.3 Å². The molecule has 3 aromatic heterocycles. The van der Waals surface area contributed by atoms with Crippen LogP contribution in [0.2, 0.25) is 0 Å². The van der Waals surface area contributed by atoms with Gasteiger partial charge in [0.25, 0.3) is 0 Å². The number of likely N-dealkylation sites (tertiary alicyclic amines) is 1. The molecule has 0 saturated carbocycles. The van der Waals surface area contributed by atoms with Gasteiger partial charge in [0.2, 0.25) is 5.91 Å². The van der Waals surface area contributed by atoms with Crippen molar-refractivity contribution in [3.8, 4) is 0 Å².